The number of halogens is 1. The summed E-state index contributed by atoms with van der Waals surface area (Å²) >= 11 is 0. The van der Waals surface area contributed by atoms with Crippen molar-refractivity contribution in [1.29, 1.82) is 0 Å². The summed E-state index contributed by atoms with van der Waals surface area (Å²) in [5, 5.41) is 0. The average Bonchev–Trinajstić information content (AvgIpc) is 2.15. The molecule has 0 aliphatic carbocycles. The fourth-order valence-electron chi connectivity index (χ4n) is 0.916. The van der Waals surface area contributed by atoms with E-state index in [-0.39, 0.29) is 5.56 Å². The fraction of sp³-hybridized carbons (Fsp3) is 0.222. The maximum atomic E-state index is 12.8. The molecule has 0 aliphatic heterocycles. The SMILES string of the molecule is COC(=O)c1cc(F)cc(OC)c1. The van der Waals surface area contributed by atoms with Gasteiger partial charge in [0.15, 0.2) is 0 Å². The Kier molecular flexibility index (Phi) is 2.84. The number of esters is 1. The lowest BCUT2D eigenvalue weighted by molar-refractivity contribution is 0.0599. The molecule has 0 N–H and O–H groups in total. The second kappa shape index (κ2) is 3.89. The predicted octanol–water partition coefficient (Wildman–Crippen LogP) is 1.62. The van der Waals surface area contributed by atoms with Crippen LogP contribution in [0.5, 0.6) is 5.75 Å². The third-order valence-corrected chi connectivity index (χ3v) is 1.53. The van der Waals surface area contributed by atoms with Gasteiger partial charge in [-0.25, -0.2) is 9.18 Å². The summed E-state index contributed by atoms with van der Waals surface area (Å²) in [5.41, 5.74) is 0.138. The lowest BCUT2D eigenvalue weighted by atomic mass is 10.2. The summed E-state index contributed by atoms with van der Waals surface area (Å²) in [6, 6.07) is 3.69. The smallest absolute Gasteiger partial charge is 0.338 e. The van der Waals surface area contributed by atoms with Gasteiger partial charge in [0.05, 0.1) is 19.8 Å². The van der Waals surface area contributed by atoms with E-state index >= 15 is 0 Å². The summed E-state index contributed by atoms with van der Waals surface area (Å²) in [6.07, 6.45) is 0. The van der Waals surface area contributed by atoms with E-state index in [1.54, 1.807) is 0 Å². The molecule has 1 rings (SSSR count). The number of carbonyl (C=O) groups is 1. The molecular weight excluding hydrogens is 175 g/mol. The first-order valence-electron chi connectivity index (χ1n) is 3.60. The average molecular weight is 184 g/mol. The van der Waals surface area contributed by atoms with Crippen LogP contribution in [0.1, 0.15) is 10.4 Å². The number of ether oxygens (including phenoxy) is 2. The van der Waals surface area contributed by atoms with Crippen molar-refractivity contribution in [3.63, 3.8) is 0 Å². The maximum absolute atomic E-state index is 12.8. The van der Waals surface area contributed by atoms with Crippen LogP contribution in [0, 0.1) is 5.82 Å². The van der Waals surface area contributed by atoms with Crippen LogP contribution in [0.15, 0.2) is 18.2 Å². The maximum Gasteiger partial charge on any atom is 0.338 e. The molecule has 0 heterocycles. The minimum atomic E-state index is -0.585. The van der Waals surface area contributed by atoms with Crippen molar-refractivity contribution < 1.29 is 18.7 Å². The van der Waals surface area contributed by atoms with Crippen molar-refractivity contribution in [2.24, 2.45) is 0 Å². The molecule has 3 nitrogen and oxygen atoms in total. The summed E-state index contributed by atoms with van der Waals surface area (Å²) in [6.45, 7) is 0. The van der Waals surface area contributed by atoms with Gasteiger partial charge in [-0.1, -0.05) is 0 Å². The Morgan fingerprint density at radius 2 is 2.00 bits per heavy atom. The number of carbonyl (C=O) groups excluding carboxylic acids is 1. The summed E-state index contributed by atoms with van der Waals surface area (Å²) in [7, 11) is 2.63. The van der Waals surface area contributed by atoms with Gasteiger partial charge in [0.2, 0.25) is 0 Å². The first-order chi connectivity index (χ1) is 6.17. The molecule has 1 aromatic rings. The van der Waals surface area contributed by atoms with Crippen LogP contribution >= 0.6 is 0 Å². The number of hydrogen-bond donors (Lipinski definition) is 0. The van der Waals surface area contributed by atoms with Crippen LogP contribution < -0.4 is 4.74 Å². The fourth-order valence-corrected chi connectivity index (χ4v) is 0.916. The van der Waals surface area contributed by atoms with Crippen LogP contribution in [0.4, 0.5) is 4.39 Å². The Labute approximate surface area is 75.1 Å². The molecule has 0 atom stereocenters. The van der Waals surface area contributed by atoms with Gasteiger partial charge in [-0.05, 0) is 12.1 Å². The zero-order valence-corrected chi connectivity index (χ0v) is 7.33. The molecule has 4 heteroatoms. The van der Waals surface area contributed by atoms with Crippen molar-refractivity contribution in [3.05, 3.63) is 29.6 Å². The van der Waals surface area contributed by atoms with Gasteiger partial charge in [0.1, 0.15) is 11.6 Å². The second-order valence-corrected chi connectivity index (χ2v) is 2.37. The summed E-state index contributed by atoms with van der Waals surface area (Å²) in [5.74, 6) is -0.821. The van der Waals surface area contributed by atoms with Crippen LogP contribution in [-0.4, -0.2) is 20.2 Å². The van der Waals surface area contributed by atoms with Gasteiger partial charge in [0, 0.05) is 6.07 Å². The molecule has 0 amide bonds. The lowest BCUT2D eigenvalue weighted by Crippen LogP contribution is -2.02. The van der Waals surface area contributed by atoms with E-state index in [4.69, 9.17) is 4.74 Å². The Morgan fingerprint density at radius 3 is 2.54 bits per heavy atom. The van der Waals surface area contributed by atoms with Crippen molar-refractivity contribution in [1.82, 2.24) is 0 Å². The van der Waals surface area contributed by atoms with E-state index < -0.39 is 11.8 Å². The molecule has 0 spiro atoms. The highest BCUT2D eigenvalue weighted by Gasteiger charge is 2.08. The minimum Gasteiger partial charge on any atom is -0.497 e. The van der Waals surface area contributed by atoms with Crippen LogP contribution in [0.25, 0.3) is 0 Å². The molecule has 0 unspecified atom stereocenters. The highest BCUT2D eigenvalue weighted by Crippen LogP contribution is 2.16. The number of hydrogen-bond acceptors (Lipinski definition) is 3. The predicted molar refractivity (Wildman–Crippen MR) is 44.3 cm³/mol. The molecule has 0 aliphatic rings. The Bertz CT molecular complexity index is 323. The number of methoxy groups -OCH3 is 2. The van der Waals surface area contributed by atoms with E-state index in [1.165, 1.54) is 26.4 Å². The molecule has 0 radical (unpaired) electrons. The van der Waals surface area contributed by atoms with E-state index in [1.807, 2.05) is 0 Å². The minimum absolute atomic E-state index is 0.138. The van der Waals surface area contributed by atoms with Crippen molar-refractivity contribution in [2.45, 2.75) is 0 Å². The monoisotopic (exact) mass is 184 g/mol. The molecule has 0 aromatic heterocycles. The third kappa shape index (κ3) is 2.18. The largest absolute Gasteiger partial charge is 0.497 e. The van der Waals surface area contributed by atoms with E-state index in [2.05, 4.69) is 4.74 Å². The van der Waals surface area contributed by atoms with Gasteiger partial charge in [0.25, 0.3) is 0 Å². The van der Waals surface area contributed by atoms with E-state index in [9.17, 15) is 9.18 Å². The number of rotatable bonds is 2. The lowest BCUT2D eigenvalue weighted by Gasteiger charge is -2.03. The first-order valence-corrected chi connectivity index (χ1v) is 3.60. The van der Waals surface area contributed by atoms with Crippen LogP contribution in [0.2, 0.25) is 0 Å². The van der Waals surface area contributed by atoms with Gasteiger partial charge < -0.3 is 9.47 Å². The molecule has 70 valence electrons. The zero-order chi connectivity index (χ0) is 9.84. The Balaban J connectivity index is 3.08. The molecule has 13 heavy (non-hydrogen) atoms. The normalized spacial score (nSPS) is 9.46. The molecule has 0 saturated heterocycles. The van der Waals surface area contributed by atoms with Crippen LogP contribution in [0.3, 0.4) is 0 Å². The zero-order valence-electron chi connectivity index (χ0n) is 7.33. The Morgan fingerprint density at radius 1 is 1.31 bits per heavy atom. The third-order valence-electron chi connectivity index (χ3n) is 1.53. The van der Waals surface area contributed by atoms with Gasteiger partial charge in [-0.2, -0.15) is 0 Å². The standard InChI is InChI=1S/C9H9FO3/c1-12-8-4-6(9(11)13-2)3-7(10)5-8/h3-5H,1-2H3. The summed E-state index contributed by atoms with van der Waals surface area (Å²) < 4.78 is 22.0. The van der Waals surface area contributed by atoms with Crippen molar-refractivity contribution in [2.75, 3.05) is 14.2 Å². The first kappa shape index (κ1) is 9.51. The van der Waals surface area contributed by atoms with Crippen molar-refractivity contribution >= 4 is 5.97 Å². The molecule has 0 saturated carbocycles. The second-order valence-electron chi connectivity index (χ2n) is 2.37. The topological polar surface area (TPSA) is 35.5 Å². The molecule has 0 fully saturated rings. The van der Waals surface area contributed by atoms with E-state index in [0.717, 1.165) is 6.07 Å². The van der Waals surface area contributed by atoms with Gasteiger partial charge >= 0.3 is 5.97 Å². The highest BCUT2D eigenvalue weighted by molar-refractivity contribution is 5.89. The Hall–Kier alpha value is -1.58. The molecule has 0 bridgehead atoms. The highest BCUT2D eigenvalue weighted by atomic mass is 19.1. The van der Waals surface area contributed by atoms with E-state index in [0.29, 0.717) is 5.75 Å². The van der Waals surface area contributed by atoms with Gasteiger partial charge in [-0.15, -0.1) is 0 Å². The van der Waals surface area contributed by atoms with Gasteiger partial charge in [-0.3, -0.25) is 0 Å². The summed E-state index contributed by atoms with van der Waals surface area (Å²) in [4.78, 5) is 11.0. The van der Waals surface area contributed by atoms with Crippen LogP contribution in [-0.2, 0) is 4.74 Å². The quantitative estimate of drug-likeness (QED) is 0.655. The molecule has 1 aromatic carbocycles. The number of benzene rings is 1. The molecular formula is C9H9FO3. The van der Waals surface area contributed by atoms with Crippen molar-refractivity contribution in [3.8, 4) is 5.75 Å².